The SMILES string of the molecule is CC(=O)N1c2c(ccc3c2nc(C)n3C)C(OCC2CC2)C(O)C1c1ccccc1. The minimum absolute atomic E-state index is 0.124. The Morgan fingerprint density at radius 2 is 1.93 bits per heavy atom. The summed E-state index contributed by atoms with van der Waals surface area (Å²) in [6, 6.07) is 13.2. The fourth-order valence-electron chi connectivity index (χ4n) is 4.56. The average molecular weight is 405 g/mol. The van der Waals surface area contributed by atoms with Gasteiger partial charge in [0.2, 0.25) is 5.91 Å². The maximum atomic E-state index is 12.9. The predicted octanol–water partition coefficient (Wildman–Crippen LogP) is 3.82. The van der Waals surface area contributed by atoms with Crippen LogP contribution in [0.4, 0.5) is 5.69 Å². The zero-order valence-corrected chi connectivity index (χ0v) is 17.6. The third-order valence-corrected chi connectivity index (χ3v) is 6.43. The first-order valence-corrected chi connectivity index (χ1v) is 10.6. The Labute approximate surface area is 176 Å². The van der Waals surface area contributed by atoms with Gasteiger partial charge in [0.1, 0.15) is 23.5 Å². The highest BCUT2D eigenvalue weighted by Crippen LogP contribution is 2.49. The second-order valence-corrected chi connectivity index (χ2v) is 8.52. The van der Waals surface area contributed by atoms with E-state index in [0.717, 1.165) is 33.7 Å². The molecule has 3 atom stereocenters. The van der Waals surface area contributed by atoms with Crippen molar-refractivity contribution in [3.05, 3.63) is 59.4 Å². The fourth-order valence-corrected chi connectivity index (χ4v) is 4.56. The summed E-state index contributed by atoms with van der Waals surface area (Å²) in [5, 5.41) is 11.5. The summed E-state index contributed by atoms with van der Waals surface area (Å²) in [5.41, 5.74) is 4.20. The topological polar surface area (TPSA) is 67.6 Å². The molecule has 0 spiro atoms. The largest absolute Gasteiger partial charge is 0.388 e. The molecule has 3 unspecified atom stereocenters. The molecule has 156 valence electrons. The Morgan fingerprint density at radius 3 is 2.60 bits per heavy atom. The molecule has 30 heavy (non-hydrogen) atoms. The molecule has 1 N–H and O–H groups in total. The Kier molecular flexibility index (Phi) is 4.64. The molecule has 1 aromatic heterocycles. The monoisotopic (exact) mass is 405 g/mol. The van der Waals surface area contributed by atoms with Gasteiger partial charge in [-0.25, -0.2) is 4.98 Å². The van der Waals surface area contributed by atoms with Crippen LogP contribution in [0.2, 0.25) is 0 Å². The molecular weight excluding hydrogens is 378 g/mol. The highest BCUT2D eigenvalue weighted by atomic mass is 16.5. The number of anilines is 1. The molecule has 1 amide bonds. The van der Waals surface area contributed by atoms with Gasteiger partial charge in [0.15, 0.2) is 0 Å². The predicted molar refractivity (Wildman–Crippen MR) is 115 cm³/mol. The molecule has 1 fully saturated rings. The molecule has 0 saturated heterocycles. The van der Waals surface area contributed by atoms with Crippen LogP contribution in [-0.4, -0.2) is 33.3 Å². The lowest BCUT2D eigenvalue weighted by Crippen LogP contribution is -2.47. The van der Waals surface area contributed by atoms with Crippen LogP contribution in [0, 0.1) is 12.8 Å². The van der Waals surface area contributed by atoms with Crippen LogP contribution < -0.4 is 4.90 Å². The molecule has 6 nitrogen and oxygen atoms in total. The normalized spacial score (nSPS) is 23.6. The summed E-state index contributed by atoms with van der Waals surface area (Å²) in [7, 11) is 1.97. The van der Waals surface area contributed by atoms with Crippen molar-refractivity contribution in [3.63, 3.8) is 0 Å². The molecule has 2 heterocycles. The molecule has 1 saturated carbocycles. The third kappa shape index (κ3) is 3.02. The molecule has 2 aromatic carbocycles. The summed E-state index contributed by atoms with van der Waals surface area (Å²) in [5.74, 6) is 1.32. The van der Waals surface area contributed by atoms with Crippen molar-refractivity contribution < 1.29 is 14.6 Å². The number of rotatable bonds is 4. The first-order valence-electron chi connectivity index (χ1n) is 10.6. The van der Waals surface area contributed by atoms with Crippen molar-refractivity contribution in [2.45, 2.75) is 44.9 Å². The number of hydrogen-bond donors (Lipinski definition) is 1. The zero-order valence-electron chi connectivity index (χ0n) is 17.6. The van der Waals surface area contributed by atoms with Gasteiger partial charge in [-0.1, -0.05) is 36.4 Å². The van der Waals surface area contributed by atoms with E-state index in [1.165, 1.54) is 12.8 Å². The van der Waals surface area contributed by atoms with Crippen LogP contribution in [0.3, 0.4) is 0 Å². The highest BCUT2D eigenvalue weighted by Gasteiger charge is 2.45. The minimum atomic E-state index is -0.871. The smallest absolute Gasteiger partial charge is 0.224 e. The Hall–Kier alpha value is -2.70. The van der Waals surface area contributed by atoms with Gasteiger partial charge in [0, 0.05) is 19.5 Å². The van der Waals surface area contributed by atoms with Crippen LogP contribution in [0.5, 0.6) is 0 Å². The van der Waals surface area contributed by atoms with Gasteiger partial charge >= 0.3 is 0 Å². The lowest BCUT2D eigenvalue weighted by Gasteiger charge is -2.44. The van der Waals surface area contributed by atoms with E-state index in [1.54, 1.807) is 11.8 Å². The second-order valence-electron chi connectivity index (χ2n) is 8.52. The number of hydrogen-bond acceptors (Lipinski definition) is 4. The first kappa shape index (κ1) is 19.3. The van der Waals surface area contributed by atoms with Crippen molar-refractivity contribution in [2.75, 3.05) is 11.5 Å². The van der Waals surface area contributed by atoms with Crippen LogP contribution in [-0.2, 0) is 16.6 Å². The standard InChI is InChI=1S/C24H27N3O3/c1-14-25-20-19(26(14)3)12-11-18-22(20)27(15(2)28)21(17-7-5-4-6-8-17)23(29)24(18)30-13-16-9-10-16/h4-8,11-12,16,21,23-24,29H,9-10,13H2,1-3H3. The third-order valence-electron chi connectivity index (χ3n) is 6.43. The van der Waals surface area contributed by atoms with Crippen LogP contribution in [0.25, 0.3) is 11.0 Å². The summed E-state index contributed by atoms with van der Waals surface area (Å²) >= 11 is 0. The van der Waals surface area contributed by atoms with Crippen molar-refractivity contribution >= 4 is 22.6 Å². The number of aryl methyl sites for hydroxylation is 2. The molecule has 0 radical (unpaired) electrons. The number of amides is 1. The Bertz CT molecular complexity index is 1100. The number of fused-ring (bicyclic) bond motifs is 3. The fraction of sp³-hybridized carbons (Fsp3) is 0.417. The molecule has 6 heteroatoms. The number of aliphatic hydroxyl groups excluding tert-OH is 1. The first-order chi connectivity index (χ1) is 14.5. The lowest BCUT2D eigenvalue weighted by molar-refractivity contribution is -0.119. The van der Waals surface area contributed by atoms with Gasteiger partial charge in [-0.15, -0.1) is 0 Å². The number of benzene rings is 2. The van der Waals surface area contributed by atoms with Crippen molar-refractivity contribution in [2.24, 2.45) is 13.0 Å². The van der Waals surface area contributed by atoms with E-state index in [-0.39, 0.29) is 5.91 Å². The molecule has 1 aliphatic carbocycles. The van der Waals surface area contributed by atoms with E-state index >= 15 is 0 Å². The maximum Gasteiger partial charge on any atom is 0.224 e. The molecule has 2 aliphatic rings. The Morgan fingerprint density at radius 1 is 1.20 bits per heavy atom. The van der Waals surface area contributed by atoms with E-state index in [9.17, 15) is 9.90 Å². The van der Waals surface area contributed by atoms with Crippen LogP contribution >= 0.6 is 0 Å². The summed E-state index contributed by atoms with van der Waals surface area (Å²) in [4.78, 5) is 19.4. The molecule has 5 rings (SSSR count). The number of carbonyl (C=O) groups excluding carboxylic acids is 1. The van der Waals surface area contributed by atoms with E-state index in [4.69, 9.17) is 9.72 Å². The van der Waals surface area contributed by atoms with Crippen LogP contribution in [0.15, 0.2) is 42.5 Å². The molecular formula is C24H27N3O3. The molecule has 1 aliphatic heterocycles. The number of aromatic nitrogens is 2. The minimum Gasteiger partial charge on any atom is -0.388 e. The molecule has 3 aromatic rings. The van der Waals surface area contributed by atoms with E-state index in [1.807, 2.05) is 61.0 Å². The average Bonchev–Trinajstić information content (AvgIpc) is 3.52. The highest BCUT2D eigenvalue weighted by molar-refractivity contribution is 6.03. The summed E-state index contributed by atoms with van der Waals surface area (Å²) in [6.07, 6.45) is 0.976. The summed E-state index contributed by atoms with van der Waals surface area (Å²) in [6.45, 7) is 4.13. The van der Waals surface area contributed by atoms with Crippen molar-refractivity contribution in [1.82, 2.24) is 9.55 Å². The number of nitrogens with zero attached hydrogens (tertiary/aromatic N) is 3. The maximum absolute atomic E-state index is 12.9. The van der Waals surface area contributed by atoms with Gasteiger partial charge in [-0.3, -0.25) is 9.69 Å². The lowest BCUT2D eigenvalue weighted by atomic mass is 9.86. The number of carbonyl (C=O) groups is 1. The van der Waals surface area contributed by atoms with Gasteiger partial charge in [-0.2, -0.15) is 0 Å². The molecule has 0 bridgehead atoms. The summed E-state index contributed by atoms with van der Waals surface area (Å²) < 4.78 is 8.31. The number of ether oxygens (including phenoxy) is 1. The zero-order chi connectivity index (χ0) is 21.0. The van der Waals surface area contributed by atoms with Crippen molar-refractivity contribution in [3.8, 4) is 0 Å². The Balaban J connectivity index is 1.74. The van der Waals surface area contributed by atoms with Crippen molar-refractivity contribution in [1.29, 1.82) is 0 Å². The van der Waals surface area contributed by atoms with Crippen LogP contribution in [0.1, 0.15) is 48.9 Å². The van der Waals surface area contributed by atoms with Gasteiger partial charge < -0.3 is 14.4 Å². The number of imidazole rings is 1. The van der Waals surface area contributed by atoms with E-state index in [0.29, 0.717) is 12.5 Å². The van der Waals surface area contributed by atoms with E-state index in [2.05, 4.69) is 0 Å². The van der Waals surface area contributed by atoms with E-state index < -0.39 is 18.2 Å². The van der Waals surface area contributed by atoms with Gasteiger partial charge in [0.25, 0.3) is 0 Å². The number of aliphatic hydroxyl groups is 1. The van der Waals surface area contributed by atoms with Gasteiger partial charge in [-0.05, 0) is 37.3 Å². The van der Waals surface area contributed by atoms with Gasteiger partial charge in [0.05, 0.1) is 23.9 Å². The second kappa shape index (κ2) is 7.22. The quantitative estimate of drug-likeness (QED) is 0.717.